The van der Waals surface area contributed by atoms with Gasteiger partial charge < -0.3 is 10.3 Å². The molecule has 0 aromatic carbocycles. The Morgan fingerprint density at radius 1 is 1.35 bits per heavy atom. The molecule has 0 amide bonds. The van der Waals surface area contributed by atoms with Crippen molar-refractivity contribution in [3.05, 3.63) is 47.8 Å². The molecular weight excluding hydrogens is 212 g/mol. The second-order valence-electron chi connectivity index (χ2n) is 4.17. The number of aryl methyl sites for hydroxylation is 2. The molecule has 2 N–H and O–H groups in total. The van der Waals surface area contributed by atoms with Crippen LogP contribution in [0.2, 0.25) is 0 Å². The minimum absolute atomic E-state index is 0.0237. The number of nitrogens with two attached hydrogens (primary N) is 1. The van der Waals surface area contributed by atoms with Gasteiger partial charge in [-0.15, -0.1) is 0 Å². The van der Waals surface area contributed by atoms with Gasteiger partial charge in [0.2, 0.25) is 0 Å². The molecule has 0 saturated heterocycles. The Morgan fingerprint density at radius 3 is 2.88 bits per heavy atom. The summed E-state index contributed by atoms with van der Waals surface area (Å²) >= 11 is 0. The van der Waals surface area contributed by atoms with E-state index in [1.165, 1.54) is 0 Å². The van der Waals surface area contributed by atoms with Crippen molar-refractivity contribution in [2.24, 2.45) is 5.73 Å². The second-order valence-corrected chi connectivity index (χ2v) is 4.17. The fraction of sp³-hybridized carbons (Fsp3) is 0.385. The molecule has 17 heavy (non-hydrogen) atoms. The van der Waals surface area contributed by atoms with Crippen molar-refractivity contribution in [3.8, 4) is 0 Å². The number of nitrogens with zero attached hydrogens (tertiary/aromatic N) is 3. The third kappa shape index (κ3) is 2.71. The minimum Gasteiger partial charge on any atom is -0.335 e. The fourth-order valence-corrected chi connectivity index (χ4v) is 1.93. The van der Waals surface area contributed by atoms with E-state index in [-0.39, 0.29) is 6.04 Å². The lowest BCUT2D eigenvalue weighted by atomic mass is 10.0. The number of rotatable bonds is 4. The summed E-state index contributed by atoms with van der Waals surface area (Å²) < 4.78 is 2.12. The summed E-state index contributed by atoms with van der Waals surface area (Å²) in [6.07, 6.45) is 6.37. The number of aromatic nitrogens is 3. The summed E-state index contributed by atoms with van der Waals surface area (Å²) in [6.45, 7) is 5.01. The van der Waals surface area contributed by atoms with Crippen LogP contribution in [0.4, 0.5) is 0 Å². The highest BCUT2D eigenvalue weighted by atomic mass is 15.1. The molecule has 0 bridgehead atoms. The van der Waals surface area contributed by atoms with Crippen molar-refractivity contribution in [3.63, 3.8) is 0 Å². The van der Waals surface area contributed by atoms with E-state index in [9.17, 15) is 0 Å². The van der Waals surface area contributed by atoms with E-state index in [0.717, 1.165) is 30.0 Å². The SMILES string of the molecule is CCn1ccnc1CC(N)c1ccnc(C)c1. The van der Waals surface area contributed by atoms with E-state index in [1.807, 2.05) is 31.5 Å². The van der Waals surface area contributed by atoms with Gasteiger partial charge in [-0.3, -0.25) is 4.98 Å². The van der Waals surface area contributed by atoms with E-state index in [4.69, 9.17) is 5.73 Å². The van der Waals surface area contributed by atoms with Crippen molar-refractivity contribution in [1.82, 2.24) is 14.5 Å². The first-order valence-electron chi connectivity index (χ1n) is 5.89. The van der Waals surface area contributed by atoms with Gasteiger partial charge in [0.15, 0.2) is 0 Å². The van der Waals surface area contributed by atoms with Gasteiger partial charge in [-0.1, -0.05) is 0 Å². The Balaban J connectivity index is 2.14. The van der Waals surface area contributed by atoms with Gasteiger partial charge in [0.1, 0.15) is 5.82 Å². The van der Waals surface area contributed by atoms with Crippen molar-refractivity contribution >= 4 is 0 Å². The van der Waals surface area contributed by atoms with Crippen LogP contribution in [0.1, 0.15) is 30.0 Å². The third-order valence-corrected chi connectivity index (χ3v) is 2.89. The average Bonchev–Trinajstić information content (AvgIpc) is 2.76. The summed E-state index contributed by atoms with van der Waals surface area (Å²) in [5.74, 6) is 1.04. The molecule has 0 radical (unpaired) electrons. The van der Waals surface area contributed by atoms with Crippen LogP contribution in [0.5, 0.6) is 0 Å². The highest BCUT2D eigenvalue weighted by Crippen LogP contribution is 2.15. The lowest BCUT2D eigenvalue weighted by molar-refractivity contribution is 0.627. The van der Waals surface area contributed by atoms with Crippen molar-refractivity contribution in [1.29, 1.82) is 0 Å². The summed E-state index contributed by atoms with van der Waals surface area (Å²) in [5, 5.41) is 0. The molecule has 2 rings (SSSR count). The third-order valence-electron chi connectivity index (χ3n) is 2.89. The molecule has 0 fully saturated rings. The van der Waals surface area contributed by atoms with Crippen molar-refractivity contribution < 1.29 is 0 Å². The summed E-state index contributed by atoms with van der Waals surface area (Å²) in [5.41, 5.74) is 8.31. The monoisotopic (exact) mass is 230 g/mol. The number of hydrogen-bond acceptors (Lipinski definition) is 3. The van der Waals surface area contributed by atoms with E-state index in [1.54, 1.807) is 6.20 Å². The zero-order valence-corrected chi connectivity index (χ0v) is 10.3. The molecule has 90 valence electrons. The second kappa shape index (κ2) is 5.10. The average molecular weight is 230 g/mol. The van der Waals surface area contributed by atoms with Crippen LogP contribution in [0.15, 0.2) is 30.7 Å². The van der Waals surface area contributed by atoms with Gasteiger partial charge in [-0.05, 0) is 31.5 Å². The smallest absolute Gasteiger partial charge is 0.110 e. The van der Waals surface area contributed by atoms with E-state index in [2.05, 4.69) is 21.5 Å². The highest BCUT2D eigenvalue weighted by Gasteiger charge is 2.10. The molecule has 0 aliphatic rings. The number of hydrogen-bond donors (Lipinski definition) is 1. The van der Waals surface area contributed by atoms with Crippen LogP contribution in [-0.2, 0) is 13.0 Å². The molecule has 2 heterocycles. The van der Waals surface area contributed by atoms with Gasteiger partial charge in [0, 0.05) is 43.3 Å². The molecule has 4 nitrogen and oxygen atoms in total. The van der Waals surface area contributed by atoms with E-state index < -0.39 is 0 Å². The largest absolute Gasteiger partial charge is 0.335 e. The van der Waals surface area contributed by atoms with Crippen molar-refractivity contribution in [2.45, 2.75) is 32.9 Å². The van der Waals surface area contributed by atoms with Gasteiger partial charge in [0.25, 0.3) is 0 Å². The van der Waals surface area contributed by atoms with Crippen molar-refractivity contribution in [2.75, 3.05) is 0 Å². The fourth-order valence-electron chi connectivity index (χ4n) is 1.93. The first-order chi connectivity index (χ1) is 8.20. The predicted octanol–water partition coefficient (Wildman–Crippen LogP) is 1.85. The Hall–Kier alpha value is -1.68. The summed E-state index contributed by atoms with van der Waals surface area (Å²) in [4.78, 5) is 8.52. The number of pyridine rings is 1. The van der Waals surface area contributed by atoms with Crippen LogP contribution >= 0.6 is 0 Å². The first kappa shape index (κ1) is 11.8. The summed E-state index contributed by atoms with van der Waals surface area (Å²) in [6, 6.07) is 3.98. The van der Waals surface area contributed by atoms with Gasteiger partial charge in [-0.25, -0.2) is 4.98 Å². The molecular formula is C13H18N4. The molecule has 1 atom stereocenters. The molecule has 0 aliphatic carbocycles. The molecule has 1 unspecified atom stereocenters. The Bertz CT molecular complexity index is 490. The summed E-state index contributed by atoms with van der Waals surface area (Å²) in [7, 11) is 0. The quantitative estimate of drug-likeness (QED) is 0.872. The minimum atomic E-state index is -0.0237. The molecule has 0 saturated carbocycles. The van der Waals surface area contributed by atoms with E-state index in [0.29, 0.717) is 0 Å². The molecule has 0 spiro atoms. The Morgan fingerprint density at radius 2 is 2.18 bits per heavy atom. The van der Waals surface area contributed by atoms with Gasteiger partial charge >= 0.3 is 0 Å². The normalized spacial score (nSPS) is 12.6. The zero-order valence-electron chi connectivity index (χ0n) is 10.3. The molecule has 2 aromatic heterocycles. The van der Waals surface area contributed by atoms with Crippen LogP contribution in [-0.4, -0.2) is 14.5 Å². The molecule has 4 heteroatoms. The van der Waals surface area contributed by atoms with Gasteiger partial charge in [0.05, 0.1) is 0 Å². The maximum absolute atomic E-state index is 6.20. The number of imidazole rings is 1. The van der Waals surface area contributed by atoms with Crippen LogP contribution in [0.25, 0.3) is 0 Å². The van der Waals surface area contributed by atoms with Gasteiger partial charge in [-0.2, -0.15) is 0 Å². The molecule has 2 aromatic rings. The lowest BCUT2D eigenvalue weighted by Gasteiger charge is -2.13. The van der Waals surface area contributed by atoms with Crippen LogP contribution in [0, 0.1) is 6.92 Å². The maximum Gasteiger partial charge on any atom is 0.110 e. The van der Waals surface area contributed by atoms with E-state index >= 15 is 0 Å². The predicted molar refractivity (Wildman–Crippen MR) is 67.5 cm³/mol. The van der Waals surface area contributed by atoms with Crippen LogP contribution < -0.4 is 5.73 Å². The lowest BCUT2D eigenvalue weighted by Crippen LogP contribution is -2.16. The Labute approximate surface area is 102 Å². The maximum atomic E-state index is 6.20. The first-order valence-corrected chi connectivity index (χ1v) is 5.89. The highest BCUT2D eigenvalue weighted by molar-refractivity contribution is 5.20. The standard InChI is InChI=1S/C13H18N4/c1-3-17-7-6-16-13(17)9-12(14)11-4-5-15-10(2)8-11/h4-8,12H,3,9,14H2,1-2H3. The molecule has 0 aliphatic heterocycles. The Kier molecular flexibility index (Phi) is 3.54. The zero-order chi connectivity index (χ0) is 12.3. The van der Waals surface area contributed by atoms with Crippen LogP contribution in [0.3, 0.4) is 0 Å². The topological polar surface area (TPSA) is 56.7 Å².